The van der Waals surface area contributed by atoms with Gasteiger partial charge in [-0.1, -0.05) is 0 Å². The largest absolute Gasteiger partial charge is 0.362 e. The lowest BCUT2D eigenvalue weighted by atomic mass is 10.1. The third kappa shape index (κ3) is 4.08. The zero-order valence-corrected chi connectivity index (χ0v) is 14.8. The second-order valence-corrected chi connectivity index (χ2v) is 5.93. The molecule has 0 aromatic heterocycles. The van der Waals surface area contributed by atoms with E-state index in [-0.39, 0.29) is 23.7 Å². The summed E-state index contributed by atoms with van der Waals surface area (Å²) in [7, 11) is 0. The van der Waals surface area contributed by atoms with Gasteiger partial charge in [-0.15, -0.1) is 0 Å². The first-order valence-electron chi connectivity index (χ1n) is 8.34. The number of carbonyl (C=O) groups excluding carboxylic acids is 2. The van der Waals surface area contributed by atoms with E-state index in [1.54, 1.807) is 24.0 Å². The van der Waals surface area contributed by atoms with Gasteiger partial charge in [0, 0.05) is 51.3 Å². The van der Waals surface area contributed by atoms with E-state index in [0.717, 1.165) is 0 Å². The van der Waals surface area contributed by atoms with E-state index in [9.17, 15) is 19.7 Å². The minimum atomic E-state index is -0.510. The molecule has 138 valence electrons. The topological polar surface area (TPSA) is 111 Å². The molecule has 1 saturated heterocycles. The molecule has 0 saturated carbocycles. The molecule has 9 nitrogen and oxygen atoms in total. The summed E-state index contributed by atoms with van der Waals surface area (Å²) in [6, 6.07) is 6.28. The van der Waals surface area contributed by atoms with E-state index >= 15 is 0 Å². The van der Waals surface area contributed by atoms with Gasteiger partial charge in [-0.05, 0) is 19.1 Å². The molecular weight excluding hydrogens is 338 g/mol. The predicted octanol–water partition coefficient (Wildman–Crippen LogP) is 1.25. The van der Waals surface area contributed by atoms with Crippen molar-refractivity contribution in [2.75, 3.05) is 44.2 Å². The Morgan fingerprint density at radius 2 is 1.96 bits per heavy atom. The van der Waals surface area contributed by atoms with Crippen molar-refractivity contribution in [2.24, 2.45) is 0 Å². The number of hydrogen-bond acceptors (Lipinski definition) is 6. The lowest BCUT2D eigenvalue weighted by Crippen LogP contribution is -2.48. The fourth-order valence-electron chi connectivity index (χ4n) is 2.93. The predicted molar refractivity (Wildman–Crippen MR) is 94.8 cm³/mol. The molecule has 1 heterocycles. The number of piperazine rings is 1. The van der Waals surface area contributed by atoms with E-state index in [4.69, 9.17) is 5.26 Å². The Hall–Kier alpha value is -3.15. The summed E-state index contributed by atoms with van der Waals surface area (Å²) >= 11 is 0. The van der Waals surface area contributed by atoms with E-state index in [1.165, 1.54) is 17.9 Å². The SMILES string of the molecule is CCN(CC#N)C(=O)c1ccc(N2CCN(C(C)=O)CC2)c([N+](=O)[O-])c1. The van der Waals surface area contributed by atoms with Crippen LogP contribution in [0, 0.1) is 21.4 Å². The average molecular weight is 359 g/mol. The number of benzene rings is 1. The van der Waals surface area contributed by atoms with E-state index in [0.29, 0.717) is 38.4 Å². The molecule has 1 aliphatic heterocycles. The maximum absolute atomic E-state index is 12.4. The number of carbonyl (C=O) groups is 2. The number of nitrogens with zero attached hydrogens (tertiary/aromatic N) is 5. The molecule has 2 rings (SSSR count). The minimum absolute atomic E-state index is 0.0164. The summed E-state index contributed by atoms with van der Waals surface area (Å²) in [4.78, 5) is 39.7. The van der Waals surface area contributed by atoms with E-state index < -0.39 is 10.8 Å². The third-order valence-electron chi connectivity index (χ3n) is 4.42. The summed E-state index contributed by atoms with van der Waals surface area (Å²) in [6.07, 6.45) is 0. The molecule has 0 spiro atoms. The summed E-state index contributed by atoms with van der Waals surface area (Å²) in [5.74, 6) is -0.428. The van der Waals surface area contributed by atoms with Crippen molar-refractivity contribution < 1.29 is 14.5 Å². The Labute approximate surface area is 151 Å². The Bertz CT molecular complexity index is 750. The van der Waals surface area contributed by atoms with Crippen LogP contribution in [0.2, 0.25) is 0 Å². The molecule has 0 bridgehead atoms. The van der Waals surface area contributed by atoms with Gasteiger partial charge in [-0.2, -0.15) is 5.26 Å². The molecular formula is C17H21N5O4. The molecule has 0 N–H and O–H groups in total. The average Bonchev–Trinajstić information content (AvgIpc) is 2.65. The second kappa shape index (κ2) is 8.29. The monoisotopic (exact) mass is 359 g/mol. The van der Waals surface area contributed by atoms with Crippen LogP contribution in [-0.4, -0.2) is 65.8 Å². The highest BCUT2D eigenvalue weighted by atomic mass is 16.6. The van der Waals surface area contributed by atoms with Crippen LogP contribution in [0.4, 0.5) is 11.4 Å². The Morgan fingerprint density at radius 1 is 1.31 bits per heavy atom. The number of nitro benzene ring substituents is 1. The van der Waals surface area contributed by atoms with Crippen LogP contribution in [0.15, 0.2) is 18.2 Å². The fraction of sp³-hybridized carbons (Fsp3) is 0.471. The highest BCUT2D eigenvalue weighted by molar-refractivity contribution is 5.96. The van der Waals surface area contributed by atoms with Crippen molar-refractivity contribution in [1.82, 2.24) is 9.80 Å². The summed E-state index contributed by atoms with van der Waals surface area (Å²) in [5, 5.41) is 20.3. The number of rotatable bonds is 5. The van der Waals surface area contributed by atoms with Gasteiger partial charge in [0.15, 0.2) is 0 Å². The second-order valence-electron chi connectivity index (χ2n) is 5.93. The molecule has 26 heavy (non-hydrogen) atoms. The van der Waals surface area contributed by atoms with Gasteiger partial charge in [-0.3, -0.25) is 19.7 Å². The van der Waals surface area contributed by atoms with Gasteiger partial charge in [-0.25, -0.2) is 0 Å². The maximum atomic E-state index is 12.4. The van der Waals surface area contributed by atoms with Crippen LogP contribution < -0.4 is 4.90 Å². The summed E-state index contributed by atoms with van der Waals surface area (Å²) in [5.41, 5.74) is 0.457. The smallest absolute Gasteiger partial charge is 0.293 e. The molecule has 0 aliphatic carbocycles. The first kappa shape index (κ1) is 19.2. The number of amides is 2. The molecule has 1 aliphatic rings. The first-order chi connectivity index (χ1) is 12.4. The highest BCUT2D eigenvalue weighted by Crippen LogP contribution is 2.30. The lowest BCUT2D eigenvalue weighted by molar-refractivity contribution is -0.384. The van der Waals surface area contributed by atoms with Crippen molar-refractivity contribution >= 4 is 23.2 Å². The van der Waals surface area contributed by atoms with Gasteiger partial charge >= 0.3 is 0 Å². The van der Waals surface area contributed by atoms with Crippen molar-refractivity contribution in [3.8, 4) is 6.07 Å². The molecule has 0 atom stereocenters. The molecule has 0 unspecified atom stereocenters. The summed E-state index contributed by atoms with van der Waals surface area (Å²) in [6.45, 7) is 5.49. The number of hydrogen-bond donors (Lipinski definition) is 0. The van der Waals surface area contributed by atoms with Crippen LogP contribution in [-0.2, 0) is 4.79 Å². The zero-order valence-electron chi connectivity index (χ0n) is 14.8. The molecule has 0 radical (unpaired) electrons. The molecule has 9 heteroatoms. The maximum Gasteiger partial charge on any atom is 0.293 e. The normalized spacial score (nSPS) is 13.9. The van der Waals surface area contributed by atoms with E-state index in [2.05, 4.69) is 0 Å². The lowest BCUT2D eigenvalue weighted by Gasteiger charge is -2.35. The van der Waals surface area contributed by atoms with Crippen LogP contribution in [0.25, 0.3) is 0 Å². The van der Waals surface area contributed by atoms with Crippen LogP contribution in [0.1, 0.15) is 24.2 Å². The highest BCUT2D eigenvalue weighted by Gasteiger charge is 2.26. The zero-order chi connectivity index (χ0) is 19.3. The Kier molecular flexibility index (Phi) is 6.11. The number of anilines is 1. The Balaban J connectivity index is 2.27. The number of nitriles is 1. The number of nitro groups is 1. The molecule has 1 aromatic carbocycles. The van der Waals surface area contributed by atoms with Gasteiger partial charge in [0.05, 0.1) is 11.0 Å². The van der Waals surface area contributed by atoms with Gasteiger partial charge in [0.2, 0.25) is 5.91 Å². The summed E-state index contributed by atoms with van der Waals surface area (Å²) < 4.78 is 0. The van der Waals surface area contributed by atoms with Gasteiger partial charge in [0.25, 0.3) is 11.6 Å². The van der Waals surface area contributed by atoms with Gasteiger partial charge in [0.1, 0.15) is 12.2 Å². The van der Waals surface area contributed by atoms with Gasteiger partial charge < -0.3 is 14.7 Å². The van der Waals surface area contributed by atoms with E-state index in [1.807, 2.05) is 11.0 Å². The first-order valence-corrected chi connectivity index (χ1v) is 8.34. The van der Waals surface area contributed by atoms with Crippen LogP contribution in [0.3, 0.4) is 0 Å². The van der Waals surface area contributed by atoms with Crippen molar-refractivity contribution in [1.29, 1.82) is 5.26 Å². The van der Waals surface area contributed by atoms with Crippen LogP contribution >= 0.6 is 0 Å². The molecule has 1 fully saturated rings. The minimum Gasteiger partial charge on any atom is -0.362 e. The quantitative estimate of drug-likeness (QED) is 0.444. The molecule has 2 amide bonds. The van der Waals surface area contributed by atoms with Crippen molar-refractivity contribution in [3.63, 3.8) is 0 Å². The standard InChI is InChI=1S/C17H21N5O4/c1-3-19(7-6-18)17(24)14-4-5-15(16(12-14)22(25)26)21-10-8-20(9-11-21)13(2)23/h4-5,12H,3,7-11H2,1-2H3. The third-order valence-corrected chi connectivity index (χ3v) is 4.42. The fourth-order valence-corrected chi connectivity index (χ4v) is 2.93. The van der Waals surface area contributed by atoms with Crippen molar-refractivity contribution in [2.45, 2.75) is 13.8 Å². The Morgan fingerprint density at radius 3 is 2.46 bits per heavy atom. The molecule has 1 aromatic rings. The van der Waals surface area contributed by atoms with Crippen LogP contribution in [0.5, 0.6) is 0 Å². The van der Waals surface area contributed by atoms with Crippen molar-refractivity contribution in [3.05, 3.63) is 33.9 Å².